The van der Waals surface area contributed by atoms with Crippen LogP contribution in [0, 0.1) is 36.4 Å². The van der Waals surface area contributed by atoms with E-state index in [-0.39, 0.29) is 0 Å². The van der Waals surface area contributed by atoms with Gasteiger partial charge >= 0.3 is 0 Å². The summed E-state index contributed by atoms with van der Waals surface area (Å²) in [7, 11) is 0.784. The second kappa shape index (κ2) is 6.69. The van der Waals surface area contributed by atoms with Crippen molar-refractivity contribution in [3.8, 4) is 5.97 Å². The molecule has 4 heteroatoms. The van der Waals surface area contributed by atoms with Crippen molar-refractivity contribution in [2.24, 2.45) is 11.3 Å². The van der Waals surface area contributed by atoms with Gasteiger partial charge in [-0.15, -0.1) is 0 Å². The third kappa shape index (κ3) is 3.32. The summed E-state index contributed by atoms with van der Waals surface area (Å²) in [5, 5.41) is 8.81. The lowest BCUT2D eigenvalue weighted by Gasteiger charge is -2.58. The van der Waals surface area contributed by atoms with Crippen LogP contribution in [0.1, 0.15) is 36.8 Å². The van der Waals surface area contributed by atoms with Gasteiger partial charge in [-0.3, -0.25) is 4.90 Å². The zero-order valence-electron chi connectivity index (χ0n) is 15.8. The highest BCUT2D eigenvalue weighted by atomic mass is 15.3. The summed E-state index contributed by atoms with van der Waals surface area (Å²) in [4.78, 5) is 5.25. The molecule has 0 N–H and O–H groups in total. The average Bonchev–Trinajstić information content (AvgIpc) is 2.54. The molecule has 1 aromatic rings. The normalized spacial score (nSPS) is 32.0. The molecule has 0 bridgehead atoms. The topological polar surface area (TPSA) is 30.3 Å². The van der Waals surface area contributed by atoms with Crippen molar-refractivity contribution >= 4 is 13.0 Å². The maximum absolute atomic E-state index is 8.81. The van der Waals surface area contributed by atoms with Crippen LogP contribution in [0.15, 0.2) is 18.2 Å². The van der Waals surface area contributed by atoms with E-state index >= 15 is 0 Å². The number of nitriles is 1. The summed E-state index contributed by atoms with van der Waals surface area (Å²) in [6.07, 6.45) is 5.51. The van der Waals surface area contributed by atoms with Gasteiger partial charge in [0.2, 0.25) is 0 Å². The number of hydrogen-bond donors (Lipinski definition) is 0. The Bertz CT molecular complexity index is 658. The molecule has 3 nitrogen and oxygen atoms in total. The first-order valence-electron chi connectivity index (χ1n) is 9.99. The smallest absolute Gasteiger partial charge is 0.253 e. The molecule has 132 valence electrons. The molecule has 1 heterocycles. The number of hydrogen-bond acceptors (Lipinski definition) is 3. The summed E-state index contributed by atoms with van der Waals surface area (Å²) in [6.45, 7) is 10.5. The number of aryl methyl sites for hydroxylation is 1. The summed E-state index contributed by atoms with van der Waals surface area (Å²) in [5.41, 5.74) is 4.93. The molecule has 1 saturated heterocycles. The molecule has 0 aromatic heterocycles. The van der Waals surface area contributed by atoms with Gasteiger partial charge in [-0.2, -0.15) is 0 Å². The molecule has 3 fully saturated rings. The van der Waals surface area contributed by atoms with Gasteiger partial charge in [-0.25, -0.2) is 5.26 Å². The number of rotatable bonds is 4. The molecule has 4 rings (SSSR count). The van der Waals surface area contributed by atoms with Gasteiger partial charge in [0.25, 0.3) is 7.28 Å². The molecule has 0 amide bonds. The van der Waals surface area contributed by atoms with Crippen LogP contribution in [-0.2, 0) is 0 Å². The van der Waals surface area contributed by atoms with Crippen molar-refractivity contribution < 1.29 is 0 Å². The van der Waals surface area contributed by atoms with Crippen LogP contribution in [0.25, 0.3) is 0 Å². The van der Waals surface area contributed by atoms with Crippen LogP contribution >= 0.6 is 0 Å². The third-order valence-corrected chi connectivity index (χ3v) is 7.07. The molecule has 2 aliphatic carbocycles. The highest BCUT2D eigenvalue weighted by Gasteiger charge is 2.52. The highest BCUT2D eigenvalue weighted by Crippen LogP contribution is 2.63. The fraction of sp³-hybridized carbons (Fsp3) is 0.667. The van der Waals surface area contributed by atoms with Crippen molar-refractivity contribution in [3.05, 3.63) is 29.3 Å². The minimum atomic E-state index is 0.659. The molecule has 0 unspecified atom stereocenters. The first-order valence-corrected chi connectivity index (χ1v) is 9.99. The molecular weight excluding hydrogens is 305 g/mol. The molecule has 1 spiro atoms. The van der Waals surface area contributed by atoms with Crippen LogP contribution in [0.4, 0.5) is 5.69 Å². The van der Waals surface area contributed by atoms with Crippen molar-refractivity contribution in [1.29, 1.82) is 5.26 Å². The van der Waals surface area contributed by atoms with E-state index in [1.165, 1.54) is 62.1 Å². The molecule has 1 aliphatic heterocycles. The standard InChI is InChI=1S/C21H30BN3/c1-16-4-3-5-20(17(16)2)25-8-6-24(7-9-25)14-18-10-21(11-18)12-19(13-21)22-15-23/h3-5,18-19,22H,6-14H2,1-2H3. The van der Waals surface area contributed by atoms with Crippen molar-refractivity contribution in [2.75, 3.05) is 37.6 Å². The summed E-state index contributed by atoms with van der Waals surface area (Å²) in [5.74, 6) is 3.97. The van der Waals surface area contributed by atoms with Gasteiger partial charge < -0.3 is 4.90 Å². The van der Waals surface area contributed by atoms with Gasteiger partial charge in [0, 0.05) is 38.4 Å². The largest absolute Gasteiger partial charge is 0.369 e. The summed E-state index contributed by atoms with van der Waals surface area (Å²) >= 11 is 0. The predicted molar refractivity (Wildman–Crippen MR) is 105 cm³/mol. The van der Waals surface area contributed by atoms with E-state index in [9.17, 15) is 0 Å². The molecule has 0 radical (unpaired) electrons. The fourth-order valence-corrected chi connectivity index (χ4v) is 5.68. The highest BCUT2D eigenvalue weighted by molar-refractivity contribution is 6.47. The van der Waals surface area contributed by atoms with Gasteiger partial charge in [0.05, 0.1) is 0 Å². The van der Waals surface area contributed by atoms with E-state index in [0.29, 0.717) is 11.2 Å². The van der Waals surface area contributed by atoms with E-state index < -0.39 is 0 Å². The van der Waals surface area contributed by atoms with Crippen LogP contribution in [0.2, 0.25) is 5.82 Å². The van der Waals surface area contributed by atoms with Crippen LogP contribution < -0.4 is 4.90 Å². The number of anilines is 1. The van der Waals surface area contributed by atoms with Crippen LogP contribution in [0.5, 0.6) is 0 Å². The van der Waals surface area contributed by atoms with E-state index in [4.69, 9.17) is 5.26 Å². The minimum Gasteiger partial charge on any atom is -0.369 e. The fourth-order valence-electron chi connectivity index (χ4n) is 5.68. The Labute approximate surface area is 153 Å². The van der Waals surface area contributed by atoms with Gasteiger partial charge in [-0.05, 0) is 67.0 Å². The monoisotopic (exact) mass is 335 g/mol. The summed E-state index contributed by atoms with van der Waals surface area (Å²) < 4.78 is 0. The van der Waals surface area contributed by atoms with Gasteiger partial charge in [0.1, 0.15) is 0 Å². The molecular formula is C21H30BN3. The molecule has 2 saturated carbocycles. The Morgan fingerprint density at radius 2 is 1.84 bits per heavy atom. The second-order valence-electron chi connectivity index (χ2n) is 8.92. The Morgan fingerprint density at radius 3 is 2.52 bits per heavy atom. The van der Waals surface area contributed by atoms with Crippen molar-refractivity contribution in [1.82, 2.24) is 4.90 Å². The zero-order valence-corrected chi connectivity index (χ0v) is 15.8. The summed E-state index contributed by atoms with van der Waals surface area (Å²) in [6, 6.07) is 6.68. The first kappa shape index (κ1) is 17.0. The SMILES string of the molecule is Cc1cccc(N2CCN(CC3CC4(CC(BC#N)C4)C3)CC2)c1C. The van der Waals surface area contributed by atoms with E-state index in [0.717, 1.165) is 26.3 Å². The van der Waals surface area contributed by atoms with Gasteiger partial charge in [-0.1, -0.05) is 25.0 Å². The molecule has 3 aliphatic rings. The minimum absolute atomic E-state index is 0.659. The van der Waals surface area contributed by atoms with Gasteiger partial charge in [0.15, 0.2) is 0 Å². The Morgan fingerprint density at radius 1 is 1.12 bits per heavy atom. The zero-order chi connectivity index (χ0) is 17.4. The van der Waals surface area contributed by atoms with E-state index in [2.05, 4.69) is 47.8 Å². The Kier molecular flexibility index (Phi) is 4.54. The van der Waals surface area contributed by atoms with Crippen LogP contribution in [0.3, 0.4) is 0 Å². The molecule has 0 atom stereocenters. The van der Waals surface area contributed by atoms with Crippen molar-refractivity contribution in [3.63, 3.8) is 0 Å². The van der Waals surface area contributed by atoms with Crippen molar-refractivity contribution in [2.45, 2.75) is 45.3 Å². The third-order valence-electron chi connectivity index (χ3n) is 7.07. The Balaban J connectivity index is 1.22. The maximum Gasteiger partial charge on any atom is 0.253 e. The maximum atomic E-state index is 8.81. The number of nitrogens with zero attached hydrogens (tertiary/aromatic N) is 3. The molecule has 25 heavy (non-hydrogen) atoms. The quantitative estimate of drug-likeness (QED) is 0.791. The van der Waals surface area contributed by atoms with E-state index in [1.54, 1.807) is 0 Å². The lowest BCUT2D eigenvalue weighted by Crippen LogP contribution is -2.53. The lowest BCUT2D eigenvalue weighted by molar-refractivity contribution is -0.0375. The second-order valence-corrected chi connectivity index (χ2v) is 8.92. The lowest BCUT2D eigenvalue weighted by atomic mass is 9.40. The first-order chi connectivity index (χ1) is 12.1. The number of piperazine rings is 1. The number of benzene rings is 1. The average molecular weight is 335 g/mol. The Hall–Kier alpha value is -1.47. The molecule has 1 aromatic carbocycles. The predicted octanol–water partition coefficient (Wildman–Crippen LogP) is 3.32. The van der Waals surface area contributed by atoms with Crippen LogP contribution in [-0.4, -0.2) is 44.9 Å². The van der Waals surface area contributed by atoms with E-state index in [1.807, 2.05) is 0 Å².